The van der Waals surface area contributed by atoms with Crippen LogP contribution in [0.1, 0.15) is 26.7 Å². The number of rotatable bonds is 3. The molecule has 5 heteroatoms. The number of nitrogens with one attached hydrogen (secondary N) is 2. The highest BCUT2D eigenvalue weighted by Crippen LogP contribution is 2.21. The summed E-state index contributed by atoms with van der Waals surface area (Å²) in [7, 11) is 0. The van der Waals surface area contributed by atoms with Crippen LogP contribution in [-0.4, -0.2) is 17.1 Å². The minimum atomic E-state index is -0.113. The highest BCUT2D eigenvalue weighted by molar-refractivity contribution is 7.11. The van der Waals surface area contributed by atoms with Crippen molar-refractivity contribution in [1.29, 1.82) is 0 Å². The molecule has 0 bridgehead atoms. The lowest BCUT2D eigenvalue weighted by atomic mass is 10.1. The number of fused-ring (bicyclic) bond motifs is 1. The van der Waals surface area contributed by atoms with Gasteiger partial charge in [0.1, 0.15) is 0 Å². The van der Waals surface area contributed by atoms with Gasteiger partial charge in [-0.1, -0.05) is 24.3 Å². The van der Waals surface area contributed by atoms with E-state index in [1.807, 2.05) is 13.8 Å². The number of carbonyl (C=O) groups is 1. The molecule has 2 N–H and O–H groups in total. The van der Waals surface area contributed by atoms with Crippen LogP contribution in [0.4, 0.5) is 4.79 Å². The molecule has 0 saturated heterocycles. The summed E-state index contributed by atoms with van der Waals surface area (Å²) in [5.74, 6) is 0. The standard InChI is InChI=1S/C16H19N3OS/c1-10-15(18-11(2)21-10)9-17-16(20)19-14-7-12-5-3-4-6-13(12)8-14/h3-6,14H,7-9H2,1-2H3,(H2,17,19,20). The molecule has 1 aliphatic carbocycles. The molecule has 0 aliphatic heterocycles. The average Bonchev–Trinajstić information content (AvgIpc) is 2.98. The average molecular weight is 301 g/mol. The van der Waals surface area contributed by atoms with Crippen molar-refractivity contribution in [2.75, 3.05) is 0 Å². The van der Waals surface area contributed by atoms with E-state index in [9.17, 15) is 4.79 Å². The van der Waals surface area contributed by atoms with E-state index in [4.69, 9.17) is 0 Å². The maximum absolute atomic E-state index is 12.0. The Bertz CT molecular complexity index is 640. The molecule has 0 unspecified atom stereocenters. The minimum absolute atomic E-state index is 0.113. The molecule has 0 spiro atoms. The van der Waals surface area contributed by atoms with E-state index >= 15 is 0 Å². The Morgan fingerprint density at radius 2 is 1.95 bits per heavy atom. The topological polar surface area (TPSA) is 54.0 Å². The van der Waals surface area contributed by atoms with Crippen molar-refractivity contribution in [2.24, 2.45) is 0 Å². The summed E-state index contributed by atoms with van der Waals surface area (Å²) in [4.78, 5) is 17.6. The van der Waals surface area contributed by atoms with Crippen molar-refractivity contribution >= 4 is 17.4 Å². The molecule has 0 radical (unpaired) electrons. The summed E-state index contributed by atoms with van der Waals surface area (Å²) < 4.78 is 0. The molecule has 2 aromatic rings. The van der Waals surface area contributed by atoms with Crippen molar-refractivity contribution < 1.29 is 4.79 Å². The molecule has 0 fully saturated rings. The van der Waals surface area contributed by atoms with Crippen molar-refractivity contribution in [2.45, 2.75) is 39.3 Å². The van der Waals surface area contributed by atoms with E-state index in [2.05, 4.69) is 39.9 Å². The lowest BCUT2D eigenvalue weighted by Gasteiger charge is -2.12. The van der Waals surface area contributed by atoms with Crippen LogP contribution in [-0.2, 0) is 19.4 Å². The lowest BCUT2D eigenvalue weighted by molar-refractivity contribution is 0.237. The largest absolute Gasteiger partial charge is 0.335 e. The summed E-state index contributed by atoms with van der Waals surface area (Å²) in [5.41, 5.74) is 3.64. The highest BCUT2D eigenvalue weighted by atomic mass is 32.1. The Kier molecular flexibility index (Phi) is 3.92. The molecule has 0 atom stereocenters. The van der Waals surface area contributed by atoms with Crippen LogP contribution in [0.2, 0.25) is 0 Å². The second kappa shape index (κ2) is 5.85. The van der Waals surface area contributed by atoms with Crippen molar-refractivity contribution in [1.82, 2.24) is 15.6 Å². The van der Waals surface area contributed by atoms with Gasteiger partial charge in [-0.25, -0.2) is 9.78 Å². The molecule has 1 aromatic heterocycles. The Morgan fingerprint density at radius 3 is 2.52 bits per heavy atom. The highest BCUT2D eigenvalue weighted by Gasteiger charge is 2.22. The molecule has 0 saturated carbocycles. The van der Waals surface area contributed by atoms with Crippen LogP contribution in [0, 0.1) is 13.8 Å². The second-order valence-corrected chi connectivity index (χ2v) is 6.84. The third-order valence-electron chi connectivity index (χ3n) is 3.80. The summed E-state index contributed by atoms with van der Waals surface area (Å²) in [6.45, 7) is 4.51. The van der Waals surface area contributed by atoms with Gasteiger partial charge in [0.25, 0.3) is 0 Å². The fraction of sp³-hybridized carbons (Fsp3) is 0.375. The monoisotopic (exact) mass is 301 g/mol. The first kappa shape index (κ1) is 14.1. The Labute approximate surface area is 128 Å². The maximum atomic E-state index is 12.0. The predicted octanol–water partition coefficient (Wildman–Crippen LogP) is 2.73. The zero-order valence-electron chi connectivity index (χ0n) is 12.3. The van der Waals surface area contributed by atoms with Crippen LogP contribution in [0.3, 0.4) is 0 Å². The molecule has 4 nitrogen and oxygen atoms in total. The number of hydrogen-bond acceptors (Lipinski definition) is 3. The fourth-order valence-electron chi connectivity index (χ4n) is 2.80. The van der Waals surface area contributed by atoms with Crippen LogP contribution < -0.4 is 10.6 Å². The van der Waals surface area contributed by atoms with Gasteiger partial charge in [0, 0.05) is 10.9 Å². The van der Waals surface area contributed by atoms with Crippen molar-refractivity contribution in [3.8, 4) is 0 Å². The van der Waals surface area contributed by atoms with Gasteiger partial charge in [-0.2, -0.15) is 0 Å². The smallest absolute Gasteiger partial charge is 0.315 e. The number of thiazole rings is 1. The van der Waals surface area contributed by atoms with Gasteiger partial charge in [-0.3, -0.25) is 0 Å². The molecule has 1 aromatic carbocycles. The molecule has 1 aliphatic rings. The number of aryl methyl sites for hydroxylation is 2. The number of amides is 2. The summed E-state index contributed by atoms with van der Waals surface area (Å²) in [6.07, 6.45) is 1.83. The Morgan fingerprint density at radius 1 is 1.29 bits per heavy atom. The van der Waals surface area contributed by atoms with Gasteiger partial charge in [0.2, 0.25) is 0 Å². The van der Waals surface area contributed by atoms with Gasteiger partial charge < -0.3 is 10.6 Å². The number of benzene rings is 1. The first-order valence-corrected chi connectivity index (χ1v) is 7.97. The number of carbonyl (C=O) groups excluding carboxylic acids is 1. The van der Waals surface area contributed by atoms with Gasteiger partial charge >= 0.3 is 6.03 Å². The minimum Gasteiger partial charge on any atom is -0.335 e. The number of nitrogens with zero attached hydrogens (tertiary/aromatic N) is 1. The quantitative estimate of drug-likeness (QED) is 0.916. The van der Waals surface area contributed by atoms with E-state index in [1.54, 1.807) is 11.3 Å². The predicted molar refractivity (Wildman–Crippen MR) is 84.6 cm³/mol. The Hall–Kier alpha value is -1.88. The lowest BCUT2D eigenvalue weighted by Crippen LogP contribution is -2.42. The molecule has 21 heavy (non-hydrogen) atoms. The van der Waals surface area contributed by atoms with Crippen molar-refractivity contribution in [3.05, 3.63) is 51.0 Å². The number of urea groups is 1. The van der Waals surface area contributed by atoms with E-state index in [0.29, 0.717) is 6.54 Å². The van der Waals surface area contributed by atoms with Crippen LogP contribution >= 0.6 is 11.3 Å². The zero-order valence-corrected chi connectivity index (χ0v) is 13.1. The first-order chi connectivity index (χ1) is 10.1. The van der Waals surface area contributed by atoms with Gasteiger partial charge in [0.15, 0.2) is 0 Å². The van der Waals surface area contributed by atoms with Crippen LogP contribution in [0.15, 0.2) is 24.3 Å². The second-order valence-electron chi connectivity index (χ2n) is 5.44. The van der Waals surface area contributed by atoms with Gasteiger partial charge in [-0.05, 0) is 37.8 Å². The Balaban J connectivity index is 1.51. The molecule has 2 amide bonds. The molecular formula is C16H19N3OS. The molecular weight excluding hydrogens is 282 g/mol. The first-order valence-electron chi connectivity index (χ1n) is 7.16. The summed E-state index contributed by atoms with van der Waals surface area (Å²) in [6, 6.07) is 8.45. The normalized spacial score (nSPS) is 14.0. The molecule has 1 heterocycles. The zero-order chi connectivity index (χ0) is 14.8. The van der Waals surface area contributed by atoms with Crippen LogP contribution in [0.25, 0.3) is 0 Å². The molecule has 110 valence electrons. The van der Waals surface area contributed by atoms with E-state index in [0.717, 1.165) is 23.5 Å². The van der Waals surface area contributed by atoms with Crippen LogP contribution in [0.5, 0.6) is 0 Å². The fourth-order valence-corrected chi connectivity index (χ4v) is 3.63. The van der Waals surface area contributed by atoms with E-state index in [-0.39, 0.29) is 12.1 Å². The summed E-state index contributed by atoms with van der Waals surface area (Å²) >= 11 is 1.66. The van der Waals surface area contributed by atoms with Gasteiger partial charge in [0.05, 0.1) is 17.2 Å². The van der Waals surface area contributed by atoms with Crippen molar-refractivity contribution in [3.63, 3.8) is 0 Å². The molecule has 3 rings (SSSR count). The third kappa shape index (κ3) is 3.24. The van der Waals surface area contributed by atoms with E-state index < -0.39 is 0 Å². The third-order valence-corrected chi connectivity index (χ3v) is 4.73. The maximum Gasteiger partial charge on any atom is 0.315 e. The number of hydrogen-bond donors (Lipinski definition) is 2. The SMILES string of the molecule is Cc1nc(CNC(=O)NC2Cc3ccccc3C2)c(C)s1. The summed E-state index contributed by atoms with van der Waals surface area (Å²) in [5, 5.41) is 6.99. The van der Waals surface area contributed by atoms with E-state index in [1.165, 1.54) is 16.0 Å². The van der Waals surface area contributed by atoms with Gasteiger partial charge in [-0.15, -0.1) is 11.3 Å². The number of aromatic nitrogens is 1.